The van der Waals surface area contributed by atoms with Crippen LogP contribution in [0, 0.1) is 17.3 Å². The molecule has 3 atom stereocenters. The highest BCUT2D eigenvalue weighted by atomic mass is 16.6. The second-order valence-corrected chi connectivity index (χ2v) is 6.48. The lowest BCUT2D eigenvalue weighted by Crippen LogP contribution is -2.55. The summed E-state index contributed by atoms with van der Waals surface area (Å²) in [5, 5.41) is 0. The minimum Gasteiger partial charge on any atom is -0.369 e. The van der Waals surface area contributed by atoms with E-state index in [1.807, 2.05) is 0 Å². The average molecular weight is 222 g/mol. The van der Waals surface area contributed by atoms with E-state index in [4.69, 9.17) is 4.74 Å². The molecule has 0 radical (unpaired) electrons. The Balaban J connectivity index is 1.75. The van der Waals surface area contributed by atoms with Crippen LogP contribution in [0.15, 0.2) is 0 Å². The lowest BCUT2D eigenvalue weighted by Gasteiger charge is -2.55. The van der Waals surface area contributed by atoms with Crippen molar-refractivity contribution in [1.29, 1.82) is 0 Å². The van der Waals surface area contributed by atoms with Crippen LogP contribution in [-0.4, -0.2) is 12.2 Å². The number of hydrogen-bond acceptors (Lipinski definition) is 1. The highest BCUT2D eigenvalue weighted by molar-refractivity contribution is 5.21. The summed E-state index contributed by atoms with van der Waals surface area (Å²) < 4.78 is 5.78. The van der Waals surface area contributed by atoms with E-state index in [-0.39, 0.29) is 0 Å². The lowest BCUT2D eigenvalue weighted by molar-refractivity contribution is -0.0903. The van der Waals surface area contributed by atoms with Crippen molar-refractivity contribution < 1.29 is 4.74 Å². The Morgan fingerprint density at radius 3 is 2.50 bits per heavy atom. The first-order valence-electron chi connectivity index (χ1n) is 7.41. The van der Waals surface area contributed by atoms with Crippen LogP contribution >= 0.6 is 0 Å². The van der Waals surface area contributed by atoms with Crippen LogP contribution in [0.2, 0.25) is 0 Å². The van der Waals surface area contributed by atoms with E-state index in [0.29, 0.717) is 5.60 Å². The molecule has 1 heteroatoms. The van der Waals surface area contributed by atoms with E-state index in [2.05, 4.69) is 13.8 Å². The Kier molecular flexibility index (Phi) is 2.58. The fraction of sp³-hybridized carbons (Fsp3) is 1.00. The fourth-order valence-electron chi connectivity index (χ4n) is 5.09. The molecular weight excluding hydrogens is 196 g/mol. The average Bonchev–Trinajstić information content (AvgIpc) is 2.98. The van der Waals surface area contributed by atoms with Gasteiger partial charge >= 0.3 is 0 Å². The van der Waals surface area contributed by atoms with Crippen molar-refractivity contribution in [3.8, 4) is 0 Å². The van der Waals surface area contributed by atoms with Gasteiger partial charge in [0.1, 0.15) is 0 Å². The quantitative estimate of drug-likeness (QED) is 0.636. The van der Waals surface area contributed by atoms with Gasteiger partial charge in [0.25, 0.3) is 0 Å². The van der Waals surface area contributed by atoms with Crippen molar-refractivity contribution in [2.24, 2.45) is 17.3 Å². The summed E-state index contributed by atoms with van der Waals surface area (Å²) >= 11 is 0. The summed E-state index contributed by atoms with van der Waals surface area (Å²) in [6.45, 7) is 5.79. The van der Waals surface area contributed by atoms with E-state index >= 15 is 0 Å². The zero-order chi connectivity index (χ0) is 11.2. The minimum absolute atomic E-state index is 0.413. The van der Waals surface area contributed by atoms with Crippen LogP contribution in [-0.2, 0) is 4.74 Å². The molecule has 0 aromatic carbocycles. The van der Waals surface area contributed by atoms with Gasteiger partial charge in [-0.2, -0.15) is 0 Å². The Morgan fingerprint density at radius 1 is 1.25 bits per heavy atom. The molecule has 3 unspecified atom stereocenters. The second kappa shape index (κ2) is 3.73. The smallest absolute Gasteiger partial charge is 0.0955 e. The van der Waals surface area contributed by atoms with Gasteiger partial charge in [0, 0.05) is 0 Å². The third kappa shape index (κ3) is 1.33. The first-order chi connectivity index (χ1) is 7.77. The van der Waals surface area contributed by atoms with E-state index < -0.39 is 0 Å². The van der Waals surface area contributed by atoms with Gasteiger partial charge in [-0.25, -0.2) is 0 Å². The highest BCUT2D eigenvalue weighted by Gasteiger charge is 2.73. The maximum absolute atomic E-state index is 5.78. The molecule has 1 spiro atoms. The van der Waals surface area contributed by atoms with Gasteiger partial charge in [-0.1, -0.05) is 46.0 Å². The number of fused-ring (bicyclic) bond motifs is 2. The predicted molar refractivity (Wildman–Crippen MR) is 66.4 cm³/mol. The summed E-state index contributed by atoms with van der Waals surface area (Å²) in [6.07, 6.45) is 11.5. The molecule has 1 aliphatic heterocycles. The summed E-state index contributed by atoms with van der Waals surface area (Å²) in [5.74, 6) is 1.95. The maximum atomic E-state index is 5.78. The van der Waals surface area contributed by atoms with Crippen molar-refractivity contribution >= 4 is 0 Å². The maximum Gasteiger partial charge on any atom is 0.0955 e. The summed E-state index contributed by atoms with van der Waals surface area (Å²) in [4.78, 5) is 0. The zero-order valence-electron chi connectivity index (χ0n) is 10.9. The van der Waals surface area contributed by atoms with E-state index in [1.165, 1.54) is 51.4 Å². The van der Waals surface area contributed by atoms with Crippen LogP contribution in [0.5, 0.6) is 0 Å². The molecule has 0 bridgehead atoms. The number of epoxide rings is 1. The molecular formula is C15H26O. The highest BCUT2D eigenvalue weighted by Crippen LogP contribution is 2.72. The second-order valence-electron chi connectivity index (χ2n) is 6.48. The first kappa shape index (κ1) is 11.1. The molecule has 16 heavy (non-hydrogen) atoms. The van der Waals surface area contributed by atoms with Crippen molar-refractivity contribution in [1.82, 2.24) is 0 Å². The molecule has 92 valence electrons. The van der Waals surface area contributed by atoms with Crippen LogP contribution in [0.25, 0.3) is 0 Å². The fourth-order valence-corrected chi connectivity index (χ4v) is 5.09. The molecule has 0 aromatic rings. The summed E-state index contributed by atoms with van der Waals surface area (Å²) in [5.41, 5.74) is 1.14. The standard InChI is InChI=1S/C15H26O/c1-3-6-12(7-4-2)14-9-5-8-13(14)15(10-14)11-16-15/h12-13H,3-11H2,1-2H3. The van der Waals surface area contributed by atoms with Gasteiger partial charge in [-0.15, -0.1) is 0 Å². The Morgan fingerprint density at radius 2 is 1.94 bits per heavy atom. The van der Waals surface area contributed by atoms with E-state index in [9.17, 15) is 0 Å². The van der Waals surface area contributed by atoms with Crippen molar-refractivity contribution in [2.75, 3.05) is 6.61 Å². The predicted octanol–water partition coefficient (Wildman–Crippen LogP) is 4.16. The monoisotopic (exact) mass is 222 g/mol. The van der Waals surface area contributed by atoms with Crippen LogP contribution in [0.1, 0.15) is 65.2 Å². The van der Waals surface area contributed by atoms with Gasteiger partial charge in [0.15, 0.2) is 0 Å². The van der Waals surface area contributed by atoms with E-state index in [1.54, 1.807) is 0 Å². The molecule has 0 N–H and O–H groups in total. The minimum atomic E-state index is 0.413. The third-order valence-corrected chi connectivity index (χ3v) is 5.69. The molecule has 3 rings (SSSR count). The van der Waals surface area contributed by atoms with E-state index in [0.717, 1.165) is 23.9 Å². The van der Waals surface area contributed by atoms with Gasteiger partial charge < -0.3 is 4.74 Å². The third-order valence-electron chi connectivity index (χ3n) is 5.69. The number of ether oxygens (including phenoxy) is 1. The van der Waals surface area contributed by atoms with Crippen molar-refractivity contribution in [2.45, 2.75) is 70.8 Å². The molecule has 1 nitrogen and oxygen atoms in total. The molecule has 1 saturated heterocycles. The van der Waals surface area contributed by atoms with Crippen LogP contribution in [0.4, 0.5) is 0 Å². The van der Waals surface area contributed by atoms with Crippen LogP contribution in [0.3, 0.4) is 0 Å². The summed E-state index contributed by atoms with van der Waals surface area (Å²) in [6, 6.07) is 0. The number of rotatable bonds is 5. The molecule has 3 fully saturated rings. The lowest BCUT2D eigenvalue weighted by atomic mass is 9.49. The molecule has 3 aliphatic rings. The molecule has 2 aliphatic carbocycles. The molecule has 0 aromatic heterocycles. The molecule has 2 saturated carbocycles. The number of hydrogen-bond donors (Lipinski definition) is 0. The zero-order valence-corrected chi connectivity index (χ0v) is 10.9. The molecule has 0 amide bonds. The topological polar surface area (TPSA) is 12.5 Å². The van der Waals surface area contributed by atoms with Gasteiger partial charge in [0.2, 0.25) is 0 Å². The first-order valence-corrected chi connectivity index (χ1v) is 7.41. The normalized spacial score (nSPS) is 44.8. The molecule has 1 heterocycles. The Labute approximate surface area is 99.9 Å². The van der Waals surface area contributed by atoms with Gasteiger partial charge in [-0.05, 0) is 36.5 Å². The SMILES string of the molecule is CCCC(CCC)C12CCCC1C1(CO1)C2. The van der Waals surface area contributed by atoms with Gasteiger partial charge in [-0.3, -0.25) is 0 Å². The van der Waals surface area contributed by atoms with Crippen molar-refractivity contribution in [3.63, 3.8) is 0 Å². The van der Waals surface area contributed by atoms with Crippen molar-refractivity contribution in [3.05, 3.63) is 0 Å². The van der Waals surface area contributed by atoms with Gasteiger partial charge in [0.05, 0.1) is 12.2 Å². The summed E-state index contributed by atoms with van der Waals surface area (Å²) in [7, 11) is 0. The Hall–Kier alpha value is -0.0400. The van der Waals surface area contributed by atoms with Crippen LogP contribution < -0.4 is 0 Å². The largest absolute Gasteiger partial charge is 0.369 e. The Bertz CT molecular complexity index is 263.